The fraction of sp³-hybridized carbons (Fsp3) is 1.00. The zero-order valence-electron chi connectivity index (χ0n) is 13.1. The van der Waals surface area contributed by atoms with Gasteiger partial charge in [-0.15, -0.1) is 0 Å². The van der Waals surface area contributed by atoms with Gasteiger partial charge in [0.05, 0.1) is 66.1 Å². The van der Waals surface area contributed by atoms with Gasteiger partial charge in [0.2, 0.25) is 0 Å². The van der Waals surface area contributed by atoms with Gasteiger partial charge < -0.3 is 33.2 Å². The van der Waals surface area contributed by atoms with E-state index in [1.54, 1.807) is 14.2 Å². The van der Waals surface area contributed by atoms with Crippen LogP contribution < -0.4 is 0 Å². The largest absolute Gasteiger partial charge is 0.382 e. The molecule has 1 heterocycles. The summed E-state index contributed by atoms with van der Waals surface area (Å²) >= 11 is 0. The van der Waals surface area contributed by atoms with E-state index in [0.29, 0.717) is 66.1 Å². The summed E-state index contributed by atoms with van der Waals surface area (Å²) < 4.78 is 36.7. The Hall–Kier alpha value is -0.280. The van der Waals surface area contributed by atoms with E-state index in [2.05, 4.69) is 0 Å². The summed E-state index contributed by atoms with van der Waals surface area (Å²) in [6, 6.07) is 0. The molecule has 1 aliphatic rings. The highest BCUT2D eigenvalue weighted by atomic mass is 16.6. The van der Waals surface area contributed by atoms with Crippen molar-refractivity contribution in [1.82, 2.24) is 0 Å². The maximum absolute atomic E-state index is 5.45. The molecule has 7 heteroatoms. The molecule has 1 rings (SSSR count). The first-order chi connectivity index (χ1) is 10.4. The second-order valence-electron chi connectivity index (χ2n) is 4.57. The van der Waals surface area contributed by atoms with E-state index < -0.39 is 0 Å². The fourth-order valence-corrected chi connectivity index (χ4v) is 1.60. The van der Waals surface area contributed by atoms with E-state index >= 15 is 0 Å². The van der Waals surface area contributed by atoms with Crippen LogP contribution in [0.25, 0.3) is 0 Å². The first kappa shape index (κ1) is 18.8. The van der Waals surface area contributed by atoms with Crippen molar-refractivity contribution in [1.29, 1.82) is 0 Å². The number of epoxide rings is 1. The Labute approximate surface area is 126 Å². The lowest BCUT2D eigenvalue weighted by molar-refractivity contribution is 0.0203. The van der Waals surface area contributed by atoms with E-state index in [1.165, 1.54) is 0 Å². The molecular formula is C14H28O7. The van der Waals surface area contributed by atoms with E-state index in [-0.39, 0.29) is 12.2 Å². The Morgan fingerprint density at radius 3 is 1.38 bits per heavy atom. The maximum Gasteiger partial charge on any atom is 0.110 e. The van der Waals surface area contributed by atoms with E-state index in [4.69, 9.17) is 33.2 Å². The normalized spacial score (nSPS) is 20.9. The van der Waals surface area contributed by atoms with Gasteiger partial charge in [-0.3, -0.25) is 0 Å². The van der Waals surface area contributed by atoms with Gasteiger partial charge in [0.15, 0.2) is 0 Å². The van der Waals surface area contributed by atoms with Crippen molar-refractivity contribution < 1.29 is 33.2 Å². The van der Waals surface area contributed by atoms with Crippen molar-refractivity contribution in [2.24, 2.45) is 0 Å². The van der Waals surface area contributed by atoms with Gasteiger partial charge in [0.1, 0.15) is 12.2 Å². The van der Waals surface area contributed by atoms with Gasteiger partial charge in [-0.1, -0.05) is 0 Å². The highest BCUT2D eigenvalue weighted by Crippen LogP contribution is 2.22. The van der Waals surface area contributed by atoms with Gasteiger partial charge in [0.25, 0.3) is 0 Å². The Morgan fingerprint density at radius 2 is 0.952 bits per heavy atom. The smallest absolute Gasteiger partial charge is 0.110 e. The molecule has 126 valence electrons. The average Bonchev–Trinajstić information content (AvgIpc) is 3.24. The van der Waals surface area contributed by atoms with Crippen LogP contribution in [0.2, 0.25) is 0 Å². The third-order valence-electron chi connectivity index (χ3n) is 2.86. The first-order valence-corrected chi connectivity index (χ1v) is 7.32. The predicted octanol–water partition coefficient (Wildman–Crippen LogP) is 0.113. The minimum atomic E-state index is 0.151. The van der Waals surface area contributed by atoms with Gasteiger partial charge in [-0.25, -0.2) is 0 Å². The molecule has 0 bridgehead atoms. The quantitative estimate of drug-likeness (QED) is 0.296. The van der Waals surface area contributed by atoms with Crippen LogP contribution >= 0.6 is 0 Å². The molecule has 0 radical (unpaired) electrons. The highest BCUT2D eigenvalue weighted by Gasteiger charge is 2.38. The van der Waals surface area contributed by atoms with Gasteiger partial charge >= 0.3 is 0 Å². The second-order valence-corrected chi connectivity index (χ2v) is 4.57. The summed E-state index contributed by atoms with van der Waals surface area (Å²) in [7, 11) is 3.30. The summed E-state index contributed by atoms with van der Waals surface area (Å²) in [5, 5.41) is 0. The minimum absolute atomic E-state index is 0.151. The molecule has 1 aliphatic heterocycles. The molecular weight excluding hydrogens is 280 g/mol. The number of hydrogen-bond acceptors (Lipinski definition) is 7. The van der Waals surface area contributed by atoms with E-state index in [0.717, 1.165) is 0 Å². The van der Waals surface area contributed by atoms with Crippen LogP contribution in [-0.4, -0.2) is 92.5 Å². The number of hydrogen-bond donors (Lipinski definition) is 0. The zero-order valence-corrected chi connectivity index (χ0v) is 13.1. The topological polar surface area (TPSA) is 67.9 Å². The summed E-state index contributed by atoms with van der Waals surface area (Å²) in [6.45, 7) is 5.91. The Balaban J connectivity index is 1.74. The van der Waals surface area contributed by atoms with E-state index in [9.17, 15) is 0 Å². The lowest BCUT2D eigenvalue weighted by Gasteiger charge is -2.05. The predicted molar refractivity (Wildman–Crippen MR) is 75.7 cm³/mol. The van der Waals surface area contributed by atoms with Crippen LogP contribution in [0, 0.1) is 0 Å². The molecule has 1 fully saturated rings. The van der Waals surface area contributed by atoms with Crippen LogP contribution in [0.1, 0.15) is 0 Å². The summed E-state index contributed by atoms with van der Waals surface area (Å²) in [5.74, 6) is 0. The monoisotopic (exact) mass is 308 g/mol. The maximum atomic E-state index is 5.45. The molecule has 7 nitrogen and oxygen atoms in total. The molecule has 0 amide bonds. The molecule has 21 heavy (non-hydrogen) atoms. The van der Waals surface area contributed by atoms with Crippen molar-refractivity contribution in [3.8, 4) is 0 Å². The van der Waals surface area contributed by atoms with Gasteiger partial charge in [0, 0.05) is 14.2 Å². The molecule has 0 saturated carbocycles. The molecule has 2 unspecified atom stereocenters. The van der Waals surface area contributed by atoms with Gasteiger partial charge in [-0.05, 0) is 0 Å². The van der Waals surface area contributed by atoms with Crippen molar-refractivity contribution in [3.63, 3.8) is 0 Å². The summed E-state index contributed by atoms with van der Waals surface area (Å²) in [4.78, 5) is 0. The molecule has 0 aromatic rings. The standard InChI is InChI=1S/C14H28O7/c1-15-3-5-17-7-9-19-11-13-14(21-13)12-20-10-8-18-6-4-16-2/h13-14H,3-12H2,1-2H3. The lowest BCUT2D eigenvalue weighted by Crippen LogP contribution is -2.15. The minimum Gasteiger partial charge on any atom is -0.382 e. The molecule has 0 aromatic heterocycles. The molecule has 0 spiro atoms. The van der Waals surface area contributed by atoms with Crippen LogP contribution in [0.3, 0.4) is 0 Å². The van der Waals surface area contributed by atoms with Crippen molar-refractivity contribution in [2.75, 3.05) is 80.3 Å². The van der Waals surface area contributed by atoms with Crippen molar-refractivity contribution >= 4 is 0 Å². The van der Waals surface area contributed by atoms with Crippen molar-refractivity contribution in [2.45, 2.75) is 12.2 Å². The fourth-order valence-electron chi connectivity index (χ4n) is 1.60. The van der Waals surface area contributed by atoms with Crippen LogP contribution in [-0.2, 0) is 33.2 Å². The zero-order chi connectivity index (χ0) is 15.2. The van der Waals surface area contributed by atoms with Crippen molar-refractivity contribution in [3.05, 3.63) is 0 Å². The number of ether oxygens (including phenoxy) is 7. The molecule has 0 aromatic carbocycles. The first-order valence-electron chi connectivity index (χ1n) is 7.32. The Kier molecular flexibility index (Phi) is 12.0. The summed E-state index contributed by atoms with van der Waals surface area (Å²) in [6.07, 6.45) is 0.303. The SMILES string of the molecule is COCCOCCOCC1OC1COCCOCCOC. The average molecular weight is 308 g/mol. The molecule has 2 atom stereocenters. The number of methoxy groups -OCH3 is 2. The van der Waals surface area contributed by atoms with Crippen LogP contribution in [0.5, 0.6) is 0 Å². The molecule has 1 saturated heterocycles. The second kappa shape index (κ2) is 13.4. The van der Waals surface area contributed by atoms with E-state index in [1.807, 2.05) is 0 Å². The van der Waals surface area contributed by atoms with Gasteiger partial charge in [-0.2, -0.15) is 0 Å². The Bertz CT molecular complexity index is 205. The summed E-state index contributed by atoms with van der Waals surface area (Å²) in [5.41, 5.74) is 0. The number of rotatable bonds is 16. The third kappa shape index (κ3) is 11.0. The Morgan fingerprint density at radius 1 is 0.571 bits per heavy atom. The molecule has 0 aliphatic carbocycles. The third-order valence-corrected chi connectivity index (χ3v) is 2.86. The highest BCUT2D eigenvalue weighted by molar-refractivity contribution is 4.84. The molecule has 0 N–H and O–H groups in total. The van der Waals surface area contributed by atoms with Crippen LogP contribution in [0.4, 0.5) is 0 Å². The van der Waals surface area contributed by atoms with Crippen LogP contribution in [0.15, 0.2) is 0 Å². The lowest BCUT2D eigenvalue weighted by atomic mass is 10.3.